The summed E-state index contributed by atoms with van der Waals surface area (Å²) in [5.41, 5.74) is 0.861. The van der Waals surface area contributed by atoms with Gasteiger partial charge in [-0.15, -0.1) is 11.3 Å². The van der Waals surface area contributed by atoms with Crippen LogP contribution in [0.2, 0.25) is 4.34 Å². The highest BCUT2D eigenvalue weighted by Crippen LogP contribution is 2.33. The molecule has 0 aliphatic carbocycles. The van der Waals surface area contributed by atoms with E-state index in [1.807, 2.05) is 18.2 Å². The highest BCUT2D eigenvalue weighted by atomic mass is 35.5. The largest absolute Gasteiger partial charge is 0.497 e. The zero-order chi connectivity index (χ0) is 18.0. The Balaban J connectivity index is 1.97. The number of fused-ring (bicyclic) bond motifs is 1. The van der Waals surface area contributed by atoms with Gasteiger partial charge >= 0.3 is 0 Å². The normalized spacial score (nSPS) is 11.2. The maximum absolute atomic E-state index is 13.0. The number of nitrogens with one attached hydrogen (secondary N) is 1. The molecule has 0 radical (unpaired) electrons. The summed E-state index contributed by atoms with van der Waals surface area (Å²) in [6, 6.07) is 9.24. The lowest BCUT2D eigenvalue weighted by Crippen LogP contribution is -3.06. The third kappa shape index (κ3) is 4.12. The molecule has 3 aromatic rings. The number of likely N-dealkylation sites (N-methyl/N-ethyl adjacent to an activating group) is 1. The fourth-order valence-electron chi connectivity index (χ4n) is 2.32. The smallest absolute Gasteiger partial charge is 0.270 e. The summed E-state index contributed by atoms with van der Waals surface area (Å²) >= 11 is 8.78. The first-order valence-electron chi connectivity index (χ1n) is 7.78. The summed E-state index contributed by atoms with van der Waals surface area (Å²) in [5.74, 6) is 0.715. The molecule has 3 rings (SSSR count). The van der Waals surface area contributed by atoms with Crippen LogP contribution in [0.4, 0.5) is 5.13 Å². The molecule has 0 spiro atoms. The molecule has 5 nitrogen and oxygen atoms in total. The van der Waals surface area contributed by atoms with Crippen LogP contribution < -0.4 is 14.5 Å². The number of anilines is 1. The van der Waals surface area contributed by atoms with Crippen molar-refractivity contribution < 1.29 is 14.4 Å². The van der Waals surface area contributed by atoms with E-state index in [2.05, 4.69) is 19.1 Å². The summed E-state index contributed by atoms with van der Waals surface area (Å²) in [6.45, 7) is 1.41. The molecule has 25 heavy (non-hydrogen) atoms. The molecular weight excluding hydrogens is 378 g/mol. The second-order valence-electron chi connectivity index (χ2n) is 5.85. The number of thiophene rings is 1. The maximum Gasteiger partial charge on any atom is 0.270 e. The van der Waals surface area contributed by atoms with Crippen LogP contribution in [-0.4, -0.2) is 45.2 Å². The number of hydrogen-bond acceptors (Lipinski definition) is 5. The van der Waals surface area contributed by atoms with Gasteiger partial charge in [-0.05, 0) is 30.3 Å². The van der Waals surface area contributed by atoms with Gasteiger partial charge in [-0.2, -0.15) is 0 Å². The molecule has 2 aromatic heterocycles. The average Bonchev–Trinajstić information content (AvgIpc) is 3.19. The Bertz CT molecular complexity index is 891. The van der Waals surface area contributed by atoms with E-state index >= 15 is 0 Å². The molecule has 0 saturated heterocycles. The molecule has 0 saturated carbocycles. The number of hydrogen-bond donors (Lipinski definition) is 1. The Kier molecular flexibility index (Phi) is 5.58. The minimum atomic E-state index is -0.0656. The van der Waals surface area contributed by atoms with Gasteiger partial charge in [-0.25, -0.2) is 4.98 Å². The number of nitrogens with zero attached hydrogens (tertiary/aromatic N) is 2. The molecule has 0 fully saturated rings. The first-order chi connectivity index (χ1) is 12.0. The number of ether oxygens (including phenoxy) is 1. The topological polar surface area (TPSA) is 46.9 Å². The number of quaternary nitrogens is 1. The van der Waals surface area contributed by atoms with Crippen LogP contribution >= 0.6 is 34.3 Å². The number of carbonyl (C=O) groups excluding carboxylic acids is 1. The predicted octanol–water partition coefficient (Wildman–Crippen LogP) is 2.81. The minimum absolute atomic E-state index is 0.0656. The highest BCUT2D eigenvalue weighted by Gasteiger charge is 2.23. The summed E-state index contributed by atoms with van der Waals surface area (Å²) in [6.07, 6.45) is 0. The van der Waals surface area contributed by atoms with E-state index in [-0.39, 0.29) is 5.91 Å². The number of aromatic nitrogens is 1. The van der Waals surface area contributed by atoms with E-state index in [1.54, 1.807) is 24.1 Å². The zero-order valence-electron chi connectivity index (χ0n) is 14.2. The molecule has 2 heterocycles. The molecule has 1 aromatic carbocycles. The summed E-state index contributed by atoms with van der Waals surface area (Å²) in [4.78, 5) is 21.3. The quantitative estimate of drug-likeness (QED) is 0.697. The van der Waals surface area contributed by atoms with Crippen LogP contribution in [0.5, 0.6) is 5.75 Å². The van der Waals surface area contributed by atoms with E-state index in [1.165, 1.54) is 27.6 Å². The first kappa shape index (κ1) is 18.1. The number of amides is 1. The maximum atomic E-state index is 13.0. The van der Waals surface area contributed by atoms with Gasteiger partial charge in [-0.3, -0.25) is 9.69 Å². The van der Waals surface area contributed by atoms with Gasteiger partial charge < -0.3 is 9.64 Å². The van der Waals surface area contributed by atoms with Crippen LogP contribution in [0.25, 0.3) is 10.2 Å². The Morgan fingerprint density at radius 1 is 1.28 bits per heavy atom. The van der Waals surface area contributed by atoms with E-state index in [0.29, 0.717) is 20.9 Å². The Labute approximate surface area is 159 Å². The number of halogens is 1. The molecule has 1 amide bonds. The lowest BCUT2D eigenvalue weighted by molar-refractivity contribution is -0.856. The molecule has 0 aliphatic heterocycles. The van der Waals surface area contributed by atoms with E-state index < -0.39 is 0 Å². The van der Waals surface area contributed by atoms with Crippen molar-refractivity contribution in [2.45, 2.75) is 0 Å². The SMILES string of the molecule is COc1ccc2nc(N(CC[NH+](C)C)C(=O)c3ccc(Cl)s3)sc2c1. The zero-order valence-corrected chi connectivity index (χ0v) is 16.6. The second kappa shape index (κ2) is 7.70. The van der Waals surface area contributed by atoms with Crippen molar-refractivity contribution in [3.63, 3.8) is 0 Å². The predicted molar refractivity (Wildman–Crippen MR) is 105 cm³/mol. The standard InChI is InChI=1S/C17H18ClN3O2S2/c1-20(2)8-9-21(16(22)13-6-7-15(18)24-13)17-19-12-5-4-11(23-3)10-14(12)25-17/h4-7,10H,8-9H2,1-3H3/p+1. The molecule has 0 bridgehead atoms. The van der Waals surface area contributed by atoms with Crippen LogP contribution in [0, 0.1) is 0 Å². The van der Waals surface area contributed by atoms with Gasteiger partial charge in [0, 0.05) is 0 Å². The first-order valence-corrected chi connectivity index (χ1v) is 9.80. The minimum Gasteiger partial charge on any atom is -0.497 e. The third-order valence-corrected chi connectivity index (χ3v) is 5.94. The van der Waals surface area contributed by atoms with Crippen molar-refractivity contribution in [2.75, 3.05) is 39.2 Å². The fourth-order valence-corrected chi connectivity index (χ4v) is 4.33. The highest BCUT2D eigenvalue weighted by molar-refractivity contribution is 7.22. The van der Waals surface area contributed by atoms with E-state index in [4.69, 9.17) is 16.3 Å². The molecule has 0 aliphatic rings. The molecular formula is C17H19ClN3O2S2+. The summed E-state index contributed by atoms with van der Waals surface area (Å²) < 4.78 is 6.87. The molecule has 0 unspecified atom stereocenters. The van der Waals surface area contributed by atoms with Crippen molar-refractivity contribution in [3.8, 4) is 5.75 Å². The molecule has 8 heteroatoms. The number of carbonyl (C=O) groups is 1. The van der Waals surface area contributed by atoms with Gasteiger partial charge in [-0.1, -0.05) is 22.9 Å². The van der Waals surface area contributed by atoms with Crippen LogP contribution in [0.1, 0.15) is 9.67 Å². The van der Waals surface area contributed by atoms with Gasteiger partial charge in [0.1, 0.15) is 5.75 Å². The van der Waals surface area contributed by atoms with E-state index in [9.17, 15) is 4.79 Å². The van der Waals surface area contributed by atoms with Gasteiger partial charge in [0.2, 0.25) is 0 Å². The van der Waals surface area contributed by atoms with Crippen molar-refractivity contribution in [1.82, 2.24) is 4.98 Å². The molecule has 132 valence electrons. The second-order valence-corrected chi connectivity index (χ2v) is 8.57. The summed E-state index contributed by atoms with van der Waals surface area (Å²) in [5, 5.41) is 0.694. The average molecular weight is 397 g/mol. The third-order valence-electron chi connectivity index (χ3n) is 3.68. The van der Waals surface area contributed by atoms with Crippen molar-refractivity contribution in [2.24, 2.45) is 0 Å². The van der Waals surface area contributed by atoms with Gasteiger partial charge in [0.05, 0.1) is 53.7 Å². The Hall–Kier alpha value is -1.67. The number of methoxy groups -OCH3 is 1. The van der Waals surface area contributed by atoms with Crippen LogP contribution in [0.15, 0.2) is 30.3 Å². The molecule has 0 atom stereocenters. The number of thiazole rings is 1. The lowest BCUT2D eigenvalue weighted by atomic mass is 10.3. The van der Waals surface area contributed by atoms with Crippen LogP contribution in [-0.2, 0) is 0 Å². The van der Waals surface area contributed by atoms with Crippen molar-refractivity contribution in [1.29, 1.82) is 0 Å². The fraction of sp³-hybridized carbons (Fsp3) is 0.294. The van der Waals surface area contributed by atoms with Crippen LogP contribution in [0.3, 0.4) is 0 Å². The van der Waals surface area contributed by atoms with Gasteiger partial charge in [0.25, 0.3) is 5.91 Å². The monoisotopic (exact) mass is 396 g/mol. The Morgan fingerprint density at radius 3 is 2.72 bits per heavy atom. The number of rotatable bonds is 6. The van der Waals surface area contributed by atoms with Crippen molar-refractivity contribution >= 4 is 55.5 Å². The Morgan fingerprint density at radius 2 is 2.08 bits per heavy atom. The lowest BCUT2D eigenvalue weighted by Gasteiger charge is -2.19. The number of benzene rings is 1. The van der Waals surface area contributed by atoms with Gasteiger partial charge in [0.15, 0.2) is 5.13 Å². The molecule has 1 N–H and O–H groups in total. The van der Waals surface area contributed by atoms with E-state index in [0.717, 1.165) is 22.5 Å². The van der Waals surface area contributed by atoms with Crippen molar-refractivity contribution in [3.05, 3.63) is 39.5 Å². The summed E-state index contributed by atoms with van der Waals surface area (Å²) in [7, 11) is 5.76.